The zero-order chi connectivity index (χ0) is 12.0. The van der Waals surface area contributed by atoms with Crippen LogP contribution in [-0.2, 0) is 5.88 Å². The van der Waals surface area contributed by atoms with Gasteiger partial charge in [-0.2, -0.15) is 0 Å². The zero-order valence-corrected chi connectivity index (χ0v) is 11.3. The molecule has 16 heavy (non-hydrogen) atoms. The Balaban J connectivity index is 2.65. The summed E-state index contributed by atoms with van der Waals surface area (Å²) in [7, 11) is 0. The van der Waals surface area contributed by atoms with Crippen LogP contribution in [0.15, 0.2) is 18.2 Å². The number of benzene rings is 1. The normalized spacial score (nSPS) is 10.8. The maximum Gasteiger partial charge on any atom is 0.123 e. The lowest BCUT2D eigenvalue weighted by Crippen LogP contribution is -2.10. The van der Waals surface area contributed by atoms with Crippen LogP contribution in [0.1, 0.15) is 32.3 Å². The van der Waals surface area contributed by atoms with Crippen molar-refractivity contribution in [2.75, 3.05) is 6.61 Å². The fourth-order valence-electron chi connectivity index (χ4n) is 1.53. The summed E-state index contributed by atoms with van der Waals surface area (Å²) in [5, 5.41) is 0.700. The Morgan fingerprint density at radius 1 is 1.25 bits per heavy atom. The molecule has 0 atom stereocenters. The minimum Gasteiger partial charge on any atom is -0.493 e. The van der Waals surface area contributed by atoms with Gasteiger partial charge in [-0.1, -0.05) is 38.3 Å². The Kier molecular flexibility index (Phi) is 6.00. The van der Waals surface area contributed by atoms with Gasteiger partial charge in [0.15, 0.2) is 0 Å². The van der Waals surface area contributed by atoms with Crippen molar-refractivity contribution in [3.63, 3.8) is 0 Å². The number of rotatable bonds is 6. The third-order valence-corrected chi connectivity index (χ3v) is 3.32. The highest BCUT2D eigenvalue weighted by Gasteiger charge is 2.07. The van der Waals surface area contributed by atoms with Gasteiger partial charge >= 0.3 is 0 Å². The number of halogens is 2. The number of hydrogen-bond donors (Lipinski definition) is 0. The van der Waals surface area contributed by atoms with Gasteiger partial charge in [0, 0.05) is 10.6 Å². The first-order valence-corrected chi connectivity index (χ1v) is 6.59. The van der Waals surface area contributed by atoms with Crippen molar-refractivity contribution in [1.29, 1.82) is 0 Å². The highest BCUT2D eigenvalue weighted by molar-refractivity contribution is 6.30. The third-order valence-electron chi connectivity index (χ3n) is 2.80. The van der Waals surface area contributed by atoms with E-state index in [2.05, 4.69) is 13.8 Å². The minimum absolute atomic E-state index is 0.429. The summed E-state index contributed by atoms with van der Waals surface area (Å²) >= 11 is 11.7. The van der Waals surface area contributed by atoms with E-state index in [1.165, 1.54) is 0 Å². The van der Waals surface area contributed by atoms with Crippen LogP contribution in [0.2, 0.25) is 5.02 Å². The molecule has 0 amide bonds. The molecule has 0 saturated carbocycles. The van der Waals surface area contributed by atoms with Gasteiger partial charge in [-0.05, 0) is 24.1 Å². The molecular formula is C13H18Cl2O. The molecule has 0 unspecified atom stereocenters. The second-order valence-corrected chi connectivity index (χ2v) is 4.58. The second kappa shape index (κ2) is 7.03. The van der Waals surface area contributed by atoms with Crippen molar-refractivity contribution in [2.24, 2.45) is 5.92 Å². The Morgan fingerprint density at radius 3 is 2.50 bits per heavy atom. The molecule has 0 spiro atoms. The van der Waals surface area contributed by atoms with Crippen molar-refractivity contribution in [3.8, 4) is 5.75 Å². The van der Waals surface area contributed by atoms with Gasteiger partial charge < -0.3 is 4.74 Å². The molecule has 0 aromatic heterocycles. The van der Waals surface area contributed by atoms with Gasteiger partial charge in [0.05, 0.1) is 12.5 Å². The number of ether oxygens (including phenoxy) is 1. The van der Waals surface area contributed by atoms with Gasteiger partial charge in [-0.3, -0.25) is 0 Å². The van der Waals surface area contributed by atoms with E-state index < -0.39 is 0 Å². The summed E-state index contributed by atoms with van der Waals surface area (Å²) < 4.78 is 5.78. The van der Waals surface area contributed by atoms with Gasteiger partial charge in [0.1, 0.15) is 5.75 Å². The monoisotopic (exact) mass is 260 g/mol. The van der Waals surface area contributed by atoms with Gasteiger partial charge in [0.2, 0.25) is 0 Å². The smallest absolute Gasteiger partial charge is 0.123 e. The van der Waals surface area contributed by atoms with Gasteiger partial charge in [0.25, 0.3) is 0 Å². The summed E-state index contributed by atoms with van der Waals surface area (Å²) in [6.45, 7) is 5.11. The summed E-state index contributed by atoms with van der Waals surface area (Å²) in [6.07, 6.45) is 2.28. The second-order valence-electron chi connectivity index (χ2n) is 3.88. The highest BCUT2D eigenvalue weighted by Crippen LogP contribution is 2.25. The average Bonchev–Trinajstić information content (AvgIpc) is 2.31. The Hall–Kier alpha value is -0.400. The molecule has 3 heteroatoms. The Labute approximate surface area is 108 Å². The first kappa shape index (κ1) is 13.7. The van der Waals surface area contributed by atoms with E-state index >= 15 is 0 Å². The van der Waals surface area contributed by atoms with Gasteiger partial charge in [-0.15, -0.1) is 11.6 Å². The molecule has 0 aliphatic rings. The molecule has 0 N–H and O–H groups in total. The molecule has 1 aromatic rings. The Morgan fingerprint density at radius 2 is 1.94 bits per heavy atom. The van der Waals surface area contributed by atoms with E-state index in [0.717, 1.165) is 30.8 Å². The summed E-state index contributed by atoms with van der Waals surface area (Å²) in [6, 6.07) is 5.58. The van der Waals surface area contributed by atoms with Crippen molar-refractivity contribution in [3.05, 3.63) is 28.8 Å². The maximum absolute atomic E-state index is 5.90. The SMILES string of the molecule is CCC(CC)COc1ccc(Cl)cc1CCl. The number of hydrogen-bond acceptors (Lipinski definition) is 1. The molecular weight excluding hydrogens is 243 g/mol. The van der Waals surface area contributed by atoms with Crippen LogP contribution in [0.25, 0.3) is 0 Å². The van der Waals surface area contributed by atoms with Crippen LogP contribution in [-0.4, -0.2) is 6.61 Å². The molecule has 90 valence electrons. The van der Waals surface area contributed by atoms with Crippen molar-refractivity contribution in [1.82, 2.24) is 0 Å². The van der Waals surface area contributed by atoms with Crippen LogP contribution < -0.4 is 4.74 Å². The summed E-state index contributed by atoms with van der Waals surface area (Å²) in [5.41, 5.74) is 0.958. The Bertz CT molecular complexity index is 322. The average molecular weight is 261 g/mol. The number of alkyl halides is 1. The molecule has 0 aliphatic carbocycles. The van der Waals surface area contributed by atoms with Crippen LogP contribution >= 0.6 is 23.2 Å². The lowest BCUT2D eigenvalue weighted by Gasteiger charge is -2.15. The molecule has 1 rings (SSSR count). The van der Waals surface area contributed by atoms with Crippen LogP contribution in [0, 0.1) is 5.92 Å². The van der Waals surface area contributed by atoms with Crippen LogP contribution in [0.5, 0.6) is 5.75 Å². The first-order valence-electron chi connectivity index (χ1n) is 5.68. The zero-order valence-electron chi connectivity index (χ0n) is 9.80. The standard InChI is InChI=1S/C13H18Cl2O/c1-3-10(4-2)9-16-13-6-5-12(15)7-11(13)8-14/h5-7,10H,3-4,8-9H2,1-2H3. The third kappa shape index (κ3) is 3.88. The fraction of sp³-hybridized carbons (Fsp3) is 0.538. The molecule has 0 heterocycles. The minimum atomic E-state index is 0.429. The lowest BCUT2D eigenvalue weighted by molar-refractivity contribution is 0.239. The van der Waals surface area contributed by atoms with Crippen molar-refractivity contribution >= 4 is 23.2 Å². The van der Waals surface area contributed by atoms with E-state index in [-0.39, 0.29) is 0 Å². The lowest BCUT2D eigenvalue weighted by atomic mass is 10.1. The van der Waals surface area contributed by atoms with E-state index in [0.29, 0.717) is 16.8 Å². The van der Waals surface area contributed by atoms with Crippen LogP contribution in [0.3, 0.4) is 0 Å². The van der Waals surface area contributed by atoms with E-state index in [9.17, 15) is 0 Å². The van der Waals surface area contributed by atoms with Gasteiger partial charge in [-0.25, -0.2) is 0 Å². The topological polar surface area (TPSA) is 9.23 Å². The van der Waals surface area contributed by atoms with Crippen LogP contribution in [0.4, 0.5) is 0 Å². The predicted molar refractivity (Wildman–Crippen MR) is 70.6 cm³/mol. The molecule has 0 aliphatic heterocycles. The summed E-state index contributed by atoms with van der Waals surface area (Å²) in [4.78, 5) is 0. The molecule has 0 fully saturated rings. The predicted octanol–water partition coefficient (Wildman–Crippen LogP) is 4.89. The summed E-state index contributed by atoms with van der Waals surface area (Å²) in [5.74, 6) is 1.89. The quantitative estimate of drug-likeness (QED) is 0.662. The highest BCUT2D eigenvalue weighted by atomic mass is 35.5. The molecule has 0 saturated heterocycles. The van der Waals surface area contributed by atoms with Crippen molar-refractivity contribution in [2.45, 2.75) is 32.6 Å². The molecule has 0 bridgehead atoms. The van der Waals surface area contributed by atoms with E-state index in [1.807, 2.05) is 18.2 Å². The maximum atomic E-state index is 5.90. The molecule has 1 aromatic carbocycles. The molecule has 1 nitrogen and oxygen atoms in total. The van der Waals surface area contributed by atoms with E-state index in [4.69, 9.17) is 27.9 Å². The van der Waals surface area contributed by atoms with E-state index in [1.54, 1.807) is 0 Å². The largest absolute Gasteiger partial charge is 0.493 e. The fourth-order valence-corrected chi connectivity index (χ4v) is 1.93. The molecule has 0 radical (unpaired) electrons. The van der Waals surface area contributed by atoms with Crippen molar-refractivity contribution < 1.29 is 4.74 Å². The first-order chi connectivity index (χ1) is 7.71.